The first-order valence-corrected chi connectivity index (χ1v) is 3.60. The maximum Gasteiger partial charge on any atom is 0.139 e. The van der Waals surface area contributed by atoms with Gasteiger partial charge in [0.1, 0.15) is 6.26 Å². The van der Waals surface area contributed by atoms with E-state index >= 15 is 0 Å². The predicted molar refractivity (Wildman–Crippen MR) is 38.5 cm³/mol. The lowest BCUT2D eigenvalue weighted by Gasteiger charge is -2.00. The first-order valence-electron chi connectivity index (χ1n) is 3.60. The van der Waals surface area contributed by atoms with Crippen molar-refractivity contribution in [2.75, 3.05) is 0 Å². The average molecular weight is 127 g/mol. The highest BCUT2D eigenvalue weighted by Gasteiger charge is 1.93. The summed E-state index contributed by atoms with van der Waals surface area (Å²) in [4.78, 5) is 0. The van der Waals surface area contributed by atoms with Crippen molar-refractivity contribution in [1.82, 2.24) is 0 Å². The molecule has 1 nitrogen and oxygen atoms in total. The van der Waals surface area contributed by atoms with E-state index in [9.17, 15) is 5.11 Å². The number of hydrogen-bond donors (Lipinski definition) is 0. The summed E-state index contributed by atoms with van der Waals surface area (Å²) in [6.45, 7) is 4.23. The minimum Gasteiger partial charge on any atom is -0.299 e. The van der Waals surface area contributed by atoms with E-state index in [1.54, 1.807) is 6.08 Å². The van der Waals surface area contributed by atoms with Gasteiger partial charge in [0.2, 0.25) is 0 Å². The minimum absolute atomic E-state index is 0.474. The molecule has 0 N–H and O–H groups in total. The van der Waals surface area contributed by atoms with E-state index in [1.165, 1.54) is 12.8 Å². The van der Waals surface area contributed by atoms with E-state index in [-0.39, 0.29) is 0 Å². The molecule has 0 heterocycles. The summed E-state index contributed by atoms with van der Waals surface area (Å²) in [7, 11) is 0. The first kappa shape index (κ1) is 8.54. The minimum atomic E-state index is 0.474. The van der Waals surface area contributed by atoms with Crippen molar-refractivity contribution in [3.05, 3.63) is 12.3 Å². The van der Waals surface area contributed by atoms with Gasteiger partial charge in [0.15, 0.2) is 0 Å². The fourth-order valence-electron chi connectivity index (χ4n) is 0.756. The third kappa shape index (κ3) is 5.41. The summed E-state index contributed by atoms with van der Waals surface area (Å²) in [6, 6.07) is 0. The summed E-state index contributed by atoms with van der Waals surface area (Å²) in [5, 5.41) is 9.92. The van der Waals surface area contributed by atoms with Crippen LogP contribution in [0, 0.1) is 5.92 Å². The lowest BCUT2D eigenvalue weighted by Crippen LogP contribution is -1.87. The van der Waals surface area contributed by atoms with Gasteiger partial charge in [0.05, 0.1) is 0 Å². The van der Waals surface area contributed by atoms with Crippen molar-refractivity contribution in [2.45, 2.75) is 33.1 Å². The Kier molecular flexibility index (Phi) is 5.38. The highest BCUT2D eigenvalue weighted by Crippen LogP contribution is 2.07. The van der Waals surface area contributed by atoms with E-state index in [0.717, 1.165) is 12.7 Å². The molecule has 0 rings (SSSR count). The van der Waals surface area contributed by atoms with Crippen molar-refractivity contribution in [1.29, 1.82) is 0 Å². The number of hydrogen-bond acceptors (Lipinski definition) is 0. The Balaban J connectivity index is 3.15. The first-order chi connectivity index (χ1) is 4.31. The van der Waals surface area contributed by atoms with Crippen molar-refractivity contribution in [3.63, 3.8) is 0 Å². The molecule has 0 spiro atoms. The number of rotatable bonds is 4. The second-order valence-electron chi connectivity index (χ2n) is 2.45. The Bertz CT molecular complexity index is 76.6. The highest BCUT2D eigenvalue weighted by atomic mass is 16.2. The van der Waals surface area contributed by atoms with E-state index in [0.29, 0.717) is 5.92 Å². The number of allylic oxidation sites excluding steroid dienone is 1. The van der Waals surface area contributed by atoms with E-state index in [2.05, 4.69) is 13.8 Å². The van der Waals surface area contributed by atoms with Gasteiger partial charge in [-0.25, -0.2) is 0 Å². The molecule has 0 fully saturated rings. The molecule has 0 saturated heterocycles. The fourth-order valence-corrected chi connectivity index (χ4v) is 0.756. The summed E-state index contributed by atoms with van der Waals surface area (Å²) >= 11 is 0. The third-order valence-electron chi connectivity index (χ3n) is 1.42. The molecular weight excluding hydrogens is 112 g/mol. The Labute approximate surface area is 57.4 Å². The molecule has 0 aliphatic heterocycles. The van der Waals surface area contributed by atoms with Crippen LogP contribution in [-0.4, -0.2) is 0 Å². The SMILES string of the molecule is CCCCC(C)/C=C/[O]. The summed E-state index contributed by atoms with van der Waals surface area (Å²) in [6.07, 6.45) is 6.20. The zero-order valence-electron chi connectivity index (χ0n) is 6.26. The van der Waals surface area contributed by atoms with Gasteiger partial charge in [-0.05, 0) is 18.4 Å². The van der Waals surface area contributed by atoms with Crippen LogP contribution in [0.2, 0.25) is 0 Å². The van der Waals surface area contributed by atoms with E-state index < -0.39 is 0 Å². The summed E-state index contributed by atoms with van der Waals surface area (Å²) in [5.74, 6) is 0.474. The Hall–Kier alpha value is -0.460. The largest absolute Gasteiger partial charge is 0.299 e. The molecule has 1 atom stereocenters. The Morgan fingerprint density at radius 1 is 1.56 bits per heavy atom. The van der Waals surface area contributed by atoms with Crippen LogP contribution in [0.3, 0.4) is 0 Å². The normalized spacial score (nSPS) is 14.4. The molecule has 0 amide bonds. The molecule has 1 radical (unpaired) electrons. The van der Waals surface area contributed by atoms with Gasteiger partial charge in [0, 0.05) is 0 Å². The summed E-state index contributed by atoms with van der Waals surface area (Å²) < 4.78 is 0. The maximum atomic E-state index is 9.92. The van der Waals surface area contributed by atoms with Crippen LogP contribution in [0.1, 0.15) is 33.1 Å². The number of unbranched alkanes of at least 4 members (excludes halogenated alkanes) is 1. The fraction of sp³-hybridized carbons (Fsp3) is 0.750. The van der Waals surface area contributed by atoms with E-state index in [1.807, 2.05) is 0 Å². The molecule has 0 aromatic carbocycles. The second-order valence-corrected chi connectivity index (χ2v) is 2.45. The quantitative estimate of drug-likeness (QED) is 0.517. The van der Waals surface area contributed by atoms with Crippen LogP contribution >= 0.6 is 0 Å². The maximum absolute atomic E-state index is 9.92. The van der Waals surface area contributed by atoms with Crippen molar-refractivity contribution < 1.29 is 5.11 Å². The van der Waals surface area contributed by atoms with Crippen LogP contribution in [0.15, 0.2) is 12.3 Å². The van der Waals surface area contributed by atoms with Crippen molar-refractivity contribution >= 4 is 0 Å². The Morgan fingerprint density at radius 2 is 2.22 bits per heavy atom. The molecule has 0 aliphatic carbocycles. The zero-order chi connectivity index (χ0) is 7.11. The molecular formula is C8H15O. The smallest absolute Gasteiger partial charge is 0.139 e. The molecule has 0 aromatic heterocycles. The van der Waals surface area contributed by atoms with Crippen LogP contribution in [0.25, 0.3) is 0 Å². The molecule has 53 valence electrons. The van der Waals surface area contributed by atoms with Gasteiger partial charge in [-0.15, -0.1) is 0 Å². The van der Waals surface area contributed by atoms with Gasteiger partial charge in [-0.2, -0.15) is 0 Å². The van der Waals surface area contributed by atoms with Crippen molar-refractivity contribution in [3.8, 4) is 0 Å². The van der Waals surface area contributed by atoms with Crippen LogP contribution < -0.4 is 0 Å². The molecule has 0 aromatic rings. The van der Waals surface area contributed by atoms with Crippen LogP contribution in [0.5, 0.6) is 0 Å². The monoisotopic (exact) mass is 127 g/mol. The van der Waals surface area contributed by atoms with Gasteiger partial charge >= 0.3 is 0 Å². The molecule has 0 aliphatic rings. The molecule has 0 bridgehead atoms. The predicted octanol–water partition coefficient (Wildman–Crippen LogP) is 2.76. The molecule has 1 unspecified atom stereocenters. The van der Waals surface area contributed by atoms with Gasteiger partial charge in [0.25, 0.3) is 0 Å². The van der Waals surface area contributed by atoms with E-state index in [4.69, 9.17) is 0 Å². The van der Waals surface area contributed by atoms with Gasteiger partial charge in [-0.1, -0.05) is 26.7 Å². The molecule has 1 heteroatoms. The standard InChI is InChI=1S/C8H15O/c1-3-4-5-8(2)6-7-9/h6-8H,3-5H2,1-2H3/b7-6+. The van der Waals surface area contributed by atoms with Gasteiger partial charge < -0.3 is 0 Å². The van der Waals surface area contributed by atoms with Crippen molar-refractivity contribution in [2.24, 2.45) is 5.92 Å². The van der Waals surface area contributed by atoms with Crippen LogP contribution in [0.4, 0.5) is 0 Å². The summed E-state index contributed by atoms with van der Waals surface area (Å²) in [5.41, 5.74) is 0. The Morgan fingerprint density at radius 3 is 2.67 bits per heavy atom. The van der Waals surface area contributed by atoms with Gasteiger partial charge in [-0.3, -0.25) is 5.11 Å². The third-order valence-corrected chi connectivity index (χ3v) is 1.42. The highest BCUT2D eigenvalue weighted by molar-refractivity contribution is 4.78. The second kappa shape index (κ2) is 5.67. The molecule has 9 heavy (non-hydrogen) atoms. The van der Waals surface area contributed by atoms with Crippen LogP contribution in [-0.2, 0) is 5.11 Å². The topological polar surface area (TPSA) is 19.9 Å². The zero-order valence-corrected chi connectivity index (χ0v) is 6.26. The molecule has 0 saturated carbocycles. The lowest BCUT2D eigenvalue weighted by molar-refractivity contribution is 0.346. The average Bonchev–Trinajstić information content (AvgIpc) is 1.85. The lowest BCUT2D eigenvalue weighted by atomic mass is 10.1.